The number of benzene rings is 2. The van der Waals surface area contributed by atoms with E-state index in [1.807, 2.05) is 39.0 Å². The third-order valence-corrected chi connectivity index (χ3v) is 4.78. The lowest BCUT2D eigenvalue weighted by Gasteiger charge is -2.20. The molecule has 29 heavy (non-hydrogen) atoms. The van der Waals surface area contributed by atoms with Crippen LogP contribution in [0.4, 0.5) is 21.9 Å². The molecule has 7 heteroatoms. The molecule has 0 saturated carbocycles. The number of nitrogens with one attached hydrogen (secondary N) is 4. The van der Waals surface area contributed by atoms with Gasteiger partial charge >= 0.3 is 6.03 Å². The van der Waals surface area contributed by atoms with Crippen LogP contribution in [0.3, 0.4) is 0 Å². The molecule has 2 aromatic rings. The molecule has 1 unspecified atom stereocenters. The smallest absolute Gasteiger partial charge is 0.319 e. The maximum Gasteiger partial charge on any atom is 0.319 e. The maximum atomic E-state index is 12.4. The molecule has 4 N–H and O–H groups in total. The van der Waals surface area contributed by atoms with Crippen LogP contribution in [-0.2, 0) is 16.0 Å². The molecule has 3 rings (SSSR count). The van der Waals surface area contributed by atoms with Gasteiger partial charge in [-0.2, -0.15) is 0 Å². The second-order valence-corrected chi connectivity index (χ2v) is 7.51. The average molecular weight is 394 g/mol. The zero-order valence-corrected chi connectivity index (χ0v) is 16.8. The van der Waals surface area contributed by atoms with E-state index in [1.165, 1.54) is 0 Å². The highest BCUT2D eigenvalue weighted by molar-refractivity contribution is 5.95. The molecule has 0 fully saturated rings. The first-order valence-electron chi connectivity index (χ1n) is 9.73. The first-order valence-corrected chi connectivity index (χ1v) is 9.73. The fourth-order valence-electron chi connectivity index (χ4n) is 3.08. The highest BCUT2D eigenvalue weighted by Gasteiger charge is 2.17. The number of carbonyl (C=O) groups is 3. The van der Waals surface area contributed by atoms with Crippen LogP contribution in [0.25, 0.3) is 0 Å². The molecule has 7 nitrogen and oxygen atoms in total. The molecule has 4 amide bonds. The summed E-state index contributed by atoms with van der Waals surface area (Å²) in [5.41, 5.74) is 4.09. The zero-order chi connectivity index (χ0) is 21.0. The van der Waals surface area contributed by atoms with Gasteiger partial charge in [-0.15, -0.1) is 0 Å². The van der Waals surface area contributed by atoms with Crippen LogP contribution in [0.2, 0.25) is 0 Å². The van der Waals surface area contributed by atoms with Crippen molar-refractivity contribution >= 4 is 34.9 Å². The van der Waals surface area contributed by atoms with Crippen LogP contribution >= 0.6 is 0 Å². The molecule has 0 aliphatic carbocycles. The number of anilines is 3. The summed E-state index contributed by atoms with van der Waals surface area (Å²) in [6.07, 6.45) is 1.17. The Morgan fingerprint density at radius 3 is 2.41 bits per heavy atom. The van der Waals surface area contributed by atoms with Gasteiger partial charge in [0.25, 0.3) is 0 Å². The summed E-state index contributed by atoms with van der Waals surface area (Å²) < 4.78 is 0. The second kappa shape index (κ2) is 8.77. The Hall–Kier alpha value is -3.35. The van der Waals surface area contributed by atoms with E-state index >= 15 is 0 Å². The SMILES string of the molecule is CC(C)C(=O)Nc1cccc(NC(=O)NC(C)c2ccc3c(c2)CCC(=O)N3)c1. The summed E-state index contributed by atoms with van der Waals surface area (Å²) in [6, 6.07) is 12.3. The van der Waals surface area contributed by atoms with E-state index in [4.69, 9.17) is 0 Å². The summed E-state index contributed by atoms with van der Waals surface area (Å²) >= 11 is 0. The molecule has 1 atom stereocenters. The lowest BCUT2D eigenvalue weighted by molar-refractivity contribution is -0.119. The van der Waals surface area contributed by atoms with E-state index in [0.717, 1.165) is 16.8 Å². The molecule has 0 saturated heterocycles. The molecule has 0 radical (unpaired) electrons. The van der Waals surface area contributed by atoms with Crippen molar-refractivity contribution in [3.63, 3.8) is 0 Å². The van der Waals surface area contributed by atoms with Gasteiger partial charge in [0.2, 0.25) is 11.8 Å². The molecule has 152 valence electrons. The minimum atomic E-state index is -0.337. The van der Waals surface area contributed by atoms with Gasteiger partial charge in [-0.1, -0.05) is 32.0 Å². The Morgan fingerprint density at radius 2 is 1.69 bits per heavy atom. The summed E-state index contributed by atoms with van der Waals surface area (Å²) in [4.78, 5) is 35.7. The minimum Gasteiger partial charge on any atom is -0.331 e. The van der Waals surface area contributed by atoms with Crippen molar-refractivity contribution in [2.75, 3.05) is 16.0 Å². The number of rotatable bonds is 5. The van der Waals surface area contributed by atoms with Gasteiger partial charge in [0.1, 0.15) is 0 Å². The quantitative estimate of drug-likeness (QED) is 0.616. The largest absolute Gasteiger partial charge is 0.331 e. The molecule has 1 aliphatic heterocycles. The molecule has 0 spiro atoms. The first kappa shape index (κ1) is 20.4. The van der Waals surface area contributed by atoms with Crippen LogP contribution in [0, 0.1) is 5.92 Å². The molecular formula is C22H26N4O3. The lowest BCUT2D eigenvalue weighted by Crippen LogP contribution is -2.31. The van der Waals surface area contributed by atoms with Gasteiger partial charge in [0, 0.05) is 29.4 Å². The minimum absolute atomic E-state index is 0.0302. The van der Waals surface area contributed by atoms with Crippen molar-refractivity contribution in [3.8, 4) is 0 Å². The second-order valence-electron chi connectivity index (χ2n) is 7.51. The van der Waals surface area contributed by atoms with E-state index in [9.17, 15) is 14.4 Å². The highest BCUT2D eigenvalue weighted by atomic mass is 16.2. The topological polar surface area (TPSA) is 99.3 Å². The third-order valence-electron chi connectivity index (χ3n) is 4.78. The number of fused-ring (bicyclic) bond motifs is 1. The molecule has 0 bridgehead atoms. The summed E-state index contributed by atoms with van der Waals surface area (Å²) in [5, 5.41) is 11.4. The van der Waals surface area contributed by atoms with E-state index in [-0.39, 0.29) is 29.8 Å². The Morgan fingerprint density at radius 1 is 0.966 bits per heavy atom. The number of amides is 4. The van der Waals surface area contributed by atoms with Crippen LogP contribution in [0.1, 0.15) is 44.4 Å². The fourth-order valence-corrected chi connectivity index (χ4v) is 3.08. The van der Waals surface area contributed by atoms with E-state index in [1.54, 1.807) is 24.3 Å². The average Bonchev–Trinajstić information content (AvgIpc) is 2.67. The van der Waals surface area contributed by atoms with Crippen LogP contribution in [0.15, 0.2) is 42.5 Å². The van der Waals surface area contributed by atoms with Gasteiger partial charge in [-0.25, -0.2) is 4.79 Å². The number of hydrogen-bond acceptors (Lipinski definition) is 3. The Labute approximate surface area is 170 Å². The van der Waals surface area contributed by atoms with Crippen LogP contribution in [0.5, 0.6) is 0 Å². The number of carbonyl (C=O) groups excluding carboxylic acids is 3. The van der Waals surface area contributed by atoms with Crippen molar-refractivity contribution < 1.29 is 14.4 Å². The summed E-state index contributed by atoms with van der Waals surface area (Å²) in [5.74, 6) is -0.174. The Kier molecular flexibility index (Phi) is 6.16. The molecule has 1 aliphatic rings. The van der Waals surface area contributed by atoms with Crippen molar-refractivity contribution in [2.45, 2.75) is 39.7 Å². The van der Waals surface area contributed by atoms with Crippen molar-refractivity contribution in [1.82, 2.24) is 5.32 Å². The fraction of sp³-hybridized carbons (Fsp3) is 0.318. The van der Waals surface area contributed by atoms with Gasteiger partial charge in [0.05, 0.1) is 6.04 Å². The van der Waals surface area contributed by atoms with Gasteiger partial charge in [0.15, 0.2) is 0 Å². The monoisotopic (exact) mass is 394 g/mol. The molecular weight excluding hydrogens is 368 g/mol. The third kappa shape index (κ3) is 5.34. The number of aryl methyl sites for hydroxylation is 1. The summed E-state index contributed by atoms with van der Waals surface area (Å²) in [6.45, 7) is 5.55. The van der Waals surface area contributed by atoms with Crippen LogP contribution in [-0.4, -0.2) is 17.8 Å². The van der Waals surface area contributed by atoms with Crippen LogP contribution < -0.4 is 21.3 Å². The first-order chi connectivity index (χ1) is 13.8. The Balaban J connectivity index is 1.61. The van der Waals surface area contributed by atoms with Crippen molar-refractivity contribution in [1.29, 1.82) is 0 Å². The standard InChI is InChI=1S/C22H26N4O3/c1-13(2)21(28)24-17-5-4-6-18(12-17)25-22(29)23-14(3)15-7-9-19-16(11-15)8-10-20(27)26-19/h4-7,9,11-14H,8,10H2,1-3H3,(H,24,28)(H,26,27)(H2,23,25,29). The maximum absolute atomic E-state index is 12.4. The highest BCUT2D eigenvalue weighted by Crippen LogP contribution is 2.26. The lowest BCUT2D eigenvalue weighted by atomic mass is 9.98. The summed E-state index contributed by atoms with van der Waals surface area (Å²) in [7, 11) is 0. The van der Waals surface area contributed by atoms with Gasteiger partial charge in [-0.05, 0) is 48.7 Å². The van der Waals surface area contributed by atoms with Crippen molar-refractivity contribution in [3.05, 3.63) is 53.6 Å². The predicted molar refractivity (Wildman–Crippen MR) is 114 cm³/mol. The number of hydrogen-bond donors (Lipinski definition) is 4. The Bertz CT molecular complexity index is 939. The normalized spacial score (nSPS) is 13.9. The van der Waals surface area contributed by atoms with Crippen molar-refractivity contribution in [2.24, 2.45) is 5.92 Å². The molecule has 0 aromatic heterocycles. The van der Waals surface area contributed by atoms with Gasteiger partial charge < -0.3 is 21.3 Å². The van der Waals surface area contributed by atoms with Gasteiger partial charge in [-0.3, -0.25) is 9.59 Å². The zero-order valence-electron chi connectivity index (χ0n) is 16.8. The molecule has 1 heterocycles. The molecule has 2 aromatic carbocycles. The predicted octanol–water partition coefficient (Wildman–Crippen LogP) is 4.05. The van der Waals surface area contributed by atoms with E-state index < -0.39 is 0 Å². The van der Waals surface area contributed by atoms with E-state index in [2.05, 4.69) is 21.3 Å². The number of urea groups is 1. The van der Waals surface area contributed by atoms with E-state index in [0.29, 0.717) is 24.2 Å².